The van der Waals surface area contributed by atoms with Gasteiger partial charge in [-0.2, -0.15) is 0 Å². The van der Waals surface area contributed by atoms with Gasteiger partial charge in [0.1, 0.15) is 0 Å². The van der Waals surface area contributed by atoms with E-state index in [1.54, 1.807) is 12.1 Å². The van der Waals surface area contributed by atoms with Crippen molar-refractivity contribution < 1.29 is 9.21 Å². The topological polar surface area (TPSA) is 67.2 Å². The van der Waals surface area contributed by atoms with Crippen LogP contribution in [-0.4, -0.2) is 30.5 Å². The quantitative estimate of drug-likeness (QED) is 0.772. The molecule has 0 aliphatic heterocycles. The van der Waals surface area contributed by atoms with Gasteiger partial charge in [0.25, 0.3) is 5.91 Å². The van der Waals surface area contributed by atoms with E-state index in [0.717, 1.165) is 19.5 Å². The third-order valence-corrected chi connectivity index (χ3v) is 3.24. The Bertz CT molecular complexity index is 598. The lowest BCUT2D eigenvalue weighted by molar-refractivity contribution is 0.0950. The van der Waals surface area contributed by atoms with Gasteiger partial charge in [-0.3, -0.25) is 4.79 Å². The minimum absolute atomic E-state index is 0.249. The van der Waals surface area contributed by atoms with Gasteiger partial charge in [0.05, 0.1) is 5.02 Å². The number of amides is 1. The van der Waals surface area contributed by atoms with Crippen molar-refractivity contribution in [1.82, 2.24) is 15.6 Å². The van der Waals surface area contributed by atoms with Gasteiger partial charge in [-0.05, 0) is 25.1 Å². The summed E-state index contributed by atoms with van der Waals surface area (Å²) in [5.74, 6) is 0.122. The average molecular weight is 308 g/mol. The molecule has 0 fully saturated rings. The summed E-state index contributed by atoms with van der Waals surface area (Å²) in [5, 5.41) is 6.54. The highest BCUT2D eigenvalue weighted by molar-refractivity contribution is 6.33. The molecule has 0 unspecified atom stereocenters. The summed E-state index contributed by atoms with van der Waals surface area (Å²) in [4.78, 5) is 16.1. The smallest absolute Gasteiger partial charge is 0.273 e. The number of carbonyl (C=O) groups excluding carboxylic acids is 1. The Labute approximate surface area is 128 Å². The molecule has 5 nitrogen and oxygen atoms in total. The third-order valence-electron chi connectivity index (χ3n) is 2.92. The van der Waals surface area contributed by atoms with Crippen LogP contribution in [0.4, 0.5) is 0 Å². The molecule has 0 saturated carbocycles. The van der Waals surface area contributed by atoms with Gasteiger partial charge in [-0.25, -0.2) is 4.98 Å². The Morgan fingerprint density at radius 1 is 1.29 bits per heavy atom. The summed E-state index contributed by atoms with van der Waals surface area (Å²) < 4.78 is 5.33. The Balaban J connectivity index is 2.03. The zero-order chi connectivity index (χ0) is 15.1. The zero-order valence-corrected chi connectivity index (χ0v) is 12.6. The minimum Gasteiger partial charge on any atom is -0.443 e. The molecule has 6 heteroatoms. The first kappa shape index (κ1) is 15.5. The predicted molar refractivity (Wildman–Crippen MR) is 82.4 cm³/mol. The molecule has 0 saturated heterocycles. The van der Waals surface area contributed by atoms with Gasteiger partial charge >= 0.3 is 0 Å². The molecule has 0 bridgehead atoms. The summed E-state index contributed by atoms with van der Waals surface area (Å²) >= 11 is 6.12. The largest absolute Gasteiger partial charge is 0.443 e. The van der Waals surface area contributed by atoms with E-state index in [1.165, 1.54) is 6.39 Å². The molecule has 0 atom stereocenters. The molecule has 1 aromatic heterocycles. The molecule has 1 aromatic carbocycles. The van der Waals surface area contributed by atoms with E-state index in [9.17, 15) is 4.79 Å². The predicted octanol–water partition coefficient (Wildman–Crippen LogP) is 2.72. The summed E-state index contributed by atoms with van der Waals surface area (Å²) in [6.07, 6.45) is 2.32. The number of aromatic nitrogens is 1. The van der Waals surface area contributed by atoms with E-state index >= 15 is 0 Å². The maximum Gasteiger partial charge on any atom is 0.273 e. The second-order valence-corrected chi connectivity index (χ2v) is 4.92. The van der Waals surface area contributed by atoms with Crippen LogP contribution >= 0.6 is 11.6 Å². The fourth-order valence-corrected chi connectivity index (χ4v) is 2.12. The van der Waals surface area contributed by atoms with Crippen LogP contribution in [0, 0.1) is 0 Å². The fourth-order valence-electron chi connectivity index (χ4n) is 1.89. The van der Waals surface area contributed by atoms with Gasteiger partial charge < -0.3 is 15.1 Å². The maximum atomic E-state index is 12.1. The van der Waals surface area contributed by atoms with Gasteiger partial charge in [-0.15, -0.1) is 0 Å². The number of rotatable bonds is 7. The lowest BCUT2D eigenvalue weighted by Crippen LogP contribution is -2.32. The second-order valence-electron chi connectivity index (χ2n) is 4.52. The van der Waals surface area contributed by atoms with Crippen LogP contribution in [0.3, 0.4) is 0 Å². The van der Waals surface area contributed by atoms with Crippen molar-refractivity contribution >= 4 is 17.5 Å². The first-order valence-corrected chi connectivity index (χ1v) is 7.29. The van der Waals surface area contributed by atoms with Gasteiger partial charge in [0.2, 0.25) is 0 Å². The highest BCUT2D eigenvalue weighted by Crippen LogP contribution is 2.29. The van der Waals surface area contributed by atoms with Crippen molar-refractivity contribution in [2.75, 3.05) is 19.6 Å². The normalized spacial score (nSPS) is 10.6. The molecule has 0 spiro atoms. The lowest BCUT2D eigenvalue weighted by atomic mass is 10.1. The van der Waals surface area contributed by atoms with Crippen molar-refractivity contribution in [1.29, 1.82) is 0 Å². The van der Waals surface area contributed by atoms with Crippen LogP contribution in [0.15, 0.2) is 35.1 Å². The van der Waals surface area contributed by atoms with Gasteiger partial charge in [-0.1, -0.05) is 30.7 Å². The Hall–Kier alpha value is -1.85. The monoisotopic (exact) mass is 307 g/mol. The highest BCUT2D eigenvalue weighted by Gasteiger charge is 2.19. The Kier molecular flexibility index (Phi) is 5.78. The first-order valence-electron chi connectivity index (χ1n) is 6.91. The van der Waals surface area contributed by atoms with Crippen molar-refractivity contribution in [2.24, 2.45) is 0 Å². The van der Waals surface area contributed by atoms with Gasteiger partial charge in [0, 0.05) is 18.7 Å². The molecule has 1 heterocycles. The van der Waals surface area contributed by atoms with Crippen LogP contribution in [0.5, 0.6) is 0 Å². The maximum absolute atomic E-state index is 12.1. The number of nitrogens with one attached hydrogen (secondary N) is 2. The molecule has 2 N–H and O–H groups in total. The number of hydrogen-bond acceptors (Lipinski definition) is 4. The second kappa shape index (κ2) is 7.81. The molecule has 0 radical (unpaired) electrons. The van der Waals surface area contributed by atoms with E-state index < -0.39 is 0 Å². The molecule has 0 aliphatic rings. The number of halogens is 1. The third kappa shape index (κ3) is 4.06. The summed E-state index contributed by atoms with van der Waals surface area (Å²) in [6, 6.07) is 7.19. The lowest BCUT2D eigenvalue weighted by Gasteiger charge is -2.06. The minimum atomic E-state index is -0.267. The fraction of sp³-hybridized carbons (Fsp3) is 0.333. The van der Waals surface area contributed by atoms with E-state index in [1.807, 2.05) is 12.1 Å². The molecule has 0 aliphatic carbocycles. The van der Waals surface area contributed by atoms with E-state index in [-0.39, 0.29) is 11.6 Å². The molecule has 2 rings (SSSR count). The molecule has 1 amide bonds. The van der Waals surface area contributed by atoms with Crippen LogP contribution in [-0.2, 0) is 0 Å². The number of benzene rings is 1. The number of oxazole rings is 1. The van der Waals surface area contributed by atoms with Gasteiger partial charge in [0.15, 0.2) is 17.8 Å². The zero-order valence-electron chi connectivity index (χ0n) is 11.9. The van der Waals surface area contributed by atoms with Crippen LogP contribution in [0.1, 0.15) is 23.8 Å². The van der Waals surface area contributed by atoms with Crippen LogP contribution in [0.25, 0.3) is 11.3 Å². The Morgan fingerprint density at radius 3 is 2.86 bits per heavy atom. The van der Waals surface area contributed by atoms with E-state index in [4.69, 9.17) is 16.0 Å². The van der Waals surface area contributed by atoms with Crippen LogP contribution < -0.4 is 10.6 Å². The molecule has 112 valence electrons. The summed E-state index contributed by atoms with van der Waals surface area (Å²) in [5.41, 5.74) is 0.907. The molecular weight excluding hydrogens is 290 g/mol. The molecule has 21 heavy (non-hydrogen) atoms. The van der Waals surface area contributed by atoms with E-state index in [2.05, 4.69) is 22.5 Å². The Morgan fingerprint density at radius 2 is 2.10 bits per heavy atom. The number of hydrogen-bond donors (Lipinski definition) is 2. The summed E-state index contributed by atoms with van der Waals surface area (Å²) in [7, 11) is 0. The van der Waals surface area contributed by atoms with Crippen molar-refractivity contribution in [3.05, 3.63) is 41.4 Å². The summed E-state index contributed by atoms with van der Waals surface area (Å²) in [6.45, 7) is 4.29. The SMILES string of the molecule is CCCNCCNC(=O)c1ncoc1-c1ccccc1Cl. The van der Waals surface area contributed by atoms with Crippen LogP contribution in [0.2, 0.25) is 5.02 Å². The van der Waals surface area contributed by atoms with Crippen molar-refractivity contribution in [3.8, 4) is 11.3 Å². The molecule has 2 aromatic rings. The highest BCUT2D eigenvalue weighted by atomic mass is 35.5. The standard InChI is InChI=1S/C15H18ClN3O2/c1-2-7-17-8-9-18-15(20)13-14(21-10-19-13)11-5-3-4-6-12(11)16/h3-6,10,17H,2,7-9H2,1H3,(H,18,20). The first-order chi connectivity index (χ1) is 10.2. The van der Waals surface area contributed by atoms with E-state index in [0.29, 0.717) is 22.9 Å². The number of nitrogens with zero attached hydrogens (tertiary/aromatic N) is 1. The molecular formula is C15H18ClN3O2. The van der Waals surface area contributed by atoms with Crippen molar-refractivity contribution in [3.63, 3.8) is 0 Å². The number of carbonyl (C=O) groups is 1. The van der Waals surface area contributed by atoms with Crippen molar-refractivity contribution in [2.45, 2.75) is 13.3 Å². The average Bonchev–Trinajstić information content (AvgIpc) is 2.96.